The minimum Gasteiger partial charge on any atom is -0.494 e. The maximum Gasteiger partial charge on any atom is 0.241 e. The van der Waals surface area contributed by atoms with Gasteiger partial charge in [0.15, 0.2) is 0 Å². The van der Waals surface area contributed by atoms with E-state index >= 15 is 0 Å². The number of nitrogens with zero attached hydrogens (tertiary/aromatic N) is 2. The third-order valence-corrected chi connectivity index (χ3v) is 7.52. The number of amides is 1. The Balaban J connectivity index is 1.49. The molecule has 8 heteroatoms. The maximum absolute atomic E-state index is 13.6. The Hall–Kier alpha value is -3.36. The Bertz CT molecular complexity index is 1190. The molecule has 1 amide bonds. The van der Waals surface area contributed by atoms with Crippen LogP contribution >= 0.6 is 0 Å². The summed E-state index contributed by atoms with van der Waals surface area (Å²) < 4.78 is 34.5. The Labute approximate surface area is 207 Å². The molecule has 0 spiro atoms. The molecule has 1 N–H and O–H groups in total. The van der Waals surface area contributed by atoms with Gasteiger partial charge in [-0.25, -0.2) is 8.42 Å². The highest BCUT2D eigenvalue weighted by Gasteiger charge is 2.31. The lowest BCUT2D eigenvalue weighted by Gasteiger charge is -2.37. The molecule has 1 atom stereocenters. The monoisotopic (exact) mass is 493 g/mol. The smallest absolute Gasteiger partial charge is 0.241 e. The van der Waals surface area contributed by atoms with E-state index in [9.17, 15) is 13.2 Å². The molecule has 4 rings (SSSR count). The van der Waals surface area contributed by atoms with Crippen molar-refractivity contribution in [3.63, 3.8) is 0 Å². The highest BCUT2D eigenvalue weighted by atomic mass is 32.2. The fourth-order valence-corrected chi connectivity index (χ4v) is 5.40. The summed E-state index contributed by atoms with van der Waals surface area (Å²) in [7, 11) is -3.91. The van der Waals surface area contributed by atoms with Crippen LogP contribution in [0.3, 0.4) is 0 Å². The second-order valence-corrected chi connectivity index (χ2v) is 10.1. The van der Waals surface area contributed by atoms with Gasteiger partial charge in [-0.15, -0.1) is 0 Å². The molecule has 1 heterocycles. The predicted molar refractivity (Wildman–Crippen MR) is 137 cm³/mol. The van der Waals surface area contributed by atoms with Crippen LogP contribution in [0.5, 0.6) is 5.75 Å². The molecule has 3 aromatic rings. The summed E-state index contributed by atoms with van der Waals surface area (Å²) in [6.07, 6.45) is 0.273. The third kappa shape index (κ3) is 6.41. The van der Waals surface area contributed by atoms with Gasteiger partial charge in [-0.3, -0.25) is 4.79 Å². The van der Waals surface area contributed by atoms with E-state index < -0.39 is 16.1 Å². The van der Waals surface area contributed by atoms with Crippen LogP contribution in [0.15, 0.2) is 89.8 Å². The fourth-order valence-electron chi connectivity index (χ4n) is 4.21. The van der Waals surface area contributed by atoms with Crippen LogP contribution < -0.4 is 14.4 Å². The molecule has 0 aromatic heterocycles. The first-order valence-corrected chi connectivity index (χ1v) is 13.3. The summed E-state index contributed by atoms with van der Waals surface area (Å²) in [6, 6.07) is 24.9. The van der Waals surface area contributed by atoms with Crippen molar-refractivity contribution < 1.29 is 17.9 Å². The van der Waals surface area contributed by atoms with Crippen LogP contribution in [0, 0.1) is 0 Å². The second kappa shape index (κ2) is 11.4. The van der Waals surface area contributed by atoms with E-state index in [4.69, 9.17) is 4.74 Å². The van der Waals surface area contributed by atoms with Gasteiger partial charge in [0.2, 0.25) is 15.9 Å². The SMILES string of the molecule is CCOc1ccc(S(=O)(=O)N[C@H](Cc2ccccc2)C(=O)N2CCN(c3ccccc3)CC2)cc1. The molecule has 0 radical (unpaired) electrons. The number of nitrogens with one attached hydrogen (secondary N) is 1. The van der Waals surface area contributed by atoms with Gasteiger partial charge in [0.25, 0.3) is 0 Å². The Kier molecular flexibility index (Phi) is 8.05. The first-order valence-electron chi connectivity index (χ1n) is 11.8. The number of benzene rings is 3. The van der Waals surface area contributed by atoms with Gasteiger partial charge in [-0.2, -0.15) is 4.72 Å². The standard InChI is InChI=1S/C27H31N3O4S/c1-2-34-24-13-15-25(16-14-24)35(32,33)28-26(21-22-9-5-3-6-10-22)27(31)30-19-17-29(18-20-30)23-11-7-4-8-12-23/h3-16,26,28H,2,17-21H2,1H3/t26-/m1/s1. The zero-order valence-electron chi connectivity index (χ0n) is 19.8. The number of sulfonamides is 1. The quantitative estimate of drug-likeness (QED) is 0.495. The summed E-state index contributed by atoms with van der Waals surface area (Å²) in [4.78, 5) is 17.6. The molecule has 7 nitrogen and oxygen atoms in total. The van der Waals surface area contributed by atoms with Crippen molar-refractivity contribution in [2.45, 2.75) is 24.3 Å². The van der Waals surface area contributed by atoms with Crippen LogP contribution in [0.2, 0.25) is 0 Å². The zero-order chi connectivity index (χ0) is 24.7. The van der Waals surface area contributed by atoms with E-state index in [1.54, 1.807) is 17.0 Å². The maximum atomic E-state index is 13.6. The van der Waals surface area contributed by atoms with E-state index in [0.29, 0.717) is 38.5 Å². The summed E-state index contributed by atoms with van der Waals surface area (Å²) in [6.45, 7) is 4.81. The number of carbonyl (C=O) groups is 1. The predicted octanol–water partition coefficient (Wildman–Crippen LogP) is 3.32. The molecule has 35 heavy (non-hydrogen) atoms. The van der Waals surface area contributed by atoms with Crippen LogP contribution in [0.25, 0.3) is 0 Å². The first-order chi connectivity index (χ1) is 17.0. The molecule has 0 aliphatic carbocycles. The molecule has 3 aromatic carbocycles. The molecule has 0 bridgehead atoms. The van der Waals surface area contributed by atoms with Gasteiger partial charge < -0.3 is 14.5 Å². The van der Waals surface area contributed by atoms with Crippen LogP contribution in [0.1, 0.15) is 12.5 Å². The topological polar surface area (TPSA) is 78.9 Å². The highest BCUT2D eigenvalue weighted by Crippen LogP contribution is 2.19. The number of rotatable bonds is 9. The van der Waals surface area contributed by atoms with E-state index in [0.717, 1.165) is 11.3 Å². The fraction of sp³-hybridized carbons (Fsp3) is 0.296. The van der Waals surface area contributed by atoms with Crippen molar-refractivity contribution >= 4 is 21.6 Å². The first kappa shape index (κ1) is 24.8. The Morgan fingerprint density at radius 2 is 1.49 bits per heavy atom. The second-order valence-electron chi connectivity index (χ2n) is 8.42. The van der Waals surface area contributed by atoms with Crippen molar-refractivity contribution in [3.05, 3.63) is 90.5 Å². The molecule has 184 valence electrons. The average molecular weight is 494 g/mol. The van der Waals surface area contributed by atoms with Gasteiger partial charge in [-0.1, -0.05) is 48.5 Å². The third-order valence-electron chi connectivity index (χ3n) is 6.04. The summed E-state index contributed by atoms with van der Waals surface area (Å²) in [5.74, 6) is 0.385. The van der Waals surface area contributed by atoms with Crippen LogP contribution in [0.4, 0.5) is 5.69 Å². The van der Waals surface area contributed by atoms with Gasteiger partial charge in [-0.05, 0) is 55.3 Å². The van der Waals surface area contributed by atoms with Crippen molar-refractivity contribution in [1.29, 1.82) is 0 Å². The van der Waals surface area contributed by atoms with E-state index in [1.807, 2.05) is 55.5 Å². The summed E-state index contributed by atoms with van der Waals surface area (Å²) in [5.41, 5.74) is 2.01. The molecule has 0 unspecified atom stereocenters. The van der Waals surface area contributed by atoms with Gasteiger partial charge in [0.05, 0.1) is 11.5 Å². The lowest BCUT2D eigenvalue weighted by molar-refractivity contribution is -0.133. The van der Waals surface area contributed by atoms with Gasteiger partial charge in [0, 0.05) is 31.9 Å². The lowest BCUT2D eigenvalue weighted by atomic mass is 10.1. The Morgan fingerprint density at radius 3 is 2.09 bits per heavy atom. The van der Waals surface area contributed by atoms with Gasteiger partial charge >= 0.3 is 0 Å². The average Bonchev–Trinajstić information content (AvgIpc) is 2.89. The number of ether oxygens (including phenoxy) is 1. The lowest BCUT2D eigenvalue weighted by Crippen LogP contribution is -2.55. The highest BCUT2D eigenvalue weighted by molar-refractivity contribution is 7.89. The largest absolute Gasteiger partial charge is 0.494 e. The minimum atomic E-state index is -3.91. The minimum absolute atomic E-state index is 0.0979. The molecular weight excluding hydrogens is 462 g/mol. The molecule has 1 aliphatic rings. The van der Waals surface area contributed by atoms with Crippen molar-refractivity contribution in [2.24, 2.45) is 0 Å². The molecular formula is C27H31N3O4S. The molecule has 1 aliphatic heterocycles. The Morgan fingerprint density at radius 1 is 0.886 bits per heavy atom. The van der Waals surface area contributed by atoms with Crippen molar-refractivity contribution in [2.75, 3.05) is 37.7 Å². The number of hydrogen-bond acceptors (Lipinski definition) is 5. The van der Waals surface area contributed by atoms with Crippen molar-refractivity contribution in [1.82, 2.24) is 9.62 Å². The molecule has 1 saturated heterocycles. The molecule has 1 fully saturated rings. The van der Waals surface area contributed by atoms with Gasteiger partial charge in [0.1, 0.15) is 11.8 Å². The molecule has 0 saturated carbocycles. The normalized spacial score (nSPS) is 15.0. The van der Waals surface area contributed by atoms with Crippen molar-refractivity contribution in [3.8, 4) is 5.75 Å². The van der Waals surface area contributed by atoms with Crippen LogP contribution in [-0.2, 0) is 21.2 Å². The number of hydrogen-bond donors (Lipinski definition) is 1. The number of piperazine rings is 1. The van der Waals surface area contributed by atoms with E-state index in [-0.39, 0.29) is 17.2 Å². The number of para-hydroxylation sites is 1. The van der Waals surface area contributed by atoms with Crippen LogP contribution in [-0.4, -0.2) is 58.1 Å². The van der Waals surface area contributed by atoms with E-state index in [1.165, 1.54) is 12.1 Å². The zero-order valence-corrected chi connectivity index (χ0v) is 20.7. The van der Waals surface area contributed by atoms with E-state index in [2.05, 4.69) is 21.8 Å². The summed E-state index contributed by atoms with van der Waals surface area (Å²) >= 11 is 0. The number of anilines is 1. The number of carbonyl (C=O) groups excluding carboxylic acids is 1. The summed E-state index contributed by atoms with van der Waals surface area (Å²) in [5, 5.41) is 0.